The van der Waals surface area contributed by atoms with Gasteiger partial charge in [0.15, 0.2) is 0 Å². The van der Waals surface area contributed by atoms with Gasteiger partial charge in [0.25, 0.3) is 0 Å². The van der Waals surface area contributed by atoms with Crippen LogP contribution in [0.15, 0.2) is 12.1 Å². The molecule has 3 nitrogen and oxygen atoms in total. The standard InChI is InChI=1S/C13H20N2O/c1-9-4-5-11(16)12-10(6-7-15(2)3)8-14-13(9)12/h4-5,10,14,16H,6-8H2,1-3H3/t10-/m1/s1. The van der Waals surface area contributed by atoms with E-state index >= 15 is 0 Å². The van der Waals surface area contributed by atoms with Crippen LogP contribution in [-0.4, -0.2) is 37.2 Å². The van der Waals surface area contributed by atoms with Gasteiger partial charge in [-0.05, 0) is 45.6 Å². The molecule has 0 saturated carbocycles. The molecule has 0 bridgehead atoms. The Morgan fingerprint density at radius 3 is 2.88 bits per heavy atom. The van der Waals surface area contributed by atoms with Crippen molar-refractivity contribution in [2.45, 2.75) is 19.3 Å². The topological polar surface area (TPSA) is 35.5 Å². The van der Waals surface area contributed by atoms with Gasteiger partial charge in [0.05, 0.1) is 0 Å². The van der Waals surface area contributed by atoms with Gasteiger partial charge in [-0.25, -0.2) is 0 Å². The highest BCUT2D eigenvalue weighted by Gasteiger charge is 2.26. The van der Waals surface area contributed by atoms with Crippen molar-refractivity contribution in [3.05, 3.63) is 23.3 Å². The van der Waals surface area contributed by atoms with Gasteiger partial charge in [-0.2, -0.15) is 0 Å². The Morgan fingerprint density at radius 2 is 2.19 bits per heavy atom. The highest BCUT2D eigenvalue weighted by Crippen LogP contribution is 2.41. The zero-order chi connectivity index (χ0) is 11.7. The van der Waals surface area contributed by atoms with Crippen LogP contribution in [0.4, 0.5) is 5.69 Å². The van der Waals surface area contributed by atoms with Crippen LogP contribution in [0.2, 0.25) is 0 Å². The Bertz CT molecular complexity index is 388. The Hall–Kier alpha value is -1.22. The van der Waals surface area contributed by atoms with Gasteiger partial charge in [0, 0.05) is 23.7 Å². The minimum absolute atomic E-state index is 0.439. The molecule has 1 aliphatic rings. The third-order valence-corrected chi connectivity index (χ3v) is 3.29. The van der Waals surface area contributed by atoms with Gasteiger partial charge in [0.1, 0.15) is 5.75 Å². The van der Waals surface area contributed by atoms with Crippen molar-refractivity contribution < 1.29 is 5.11 Å². The van der Waals surface area contributed by atoms with Crippen LogP contribution in [0.3, 0.4) is 0 Å². The van der Waals surface area contributed by atoms with Crippen molar-refractivity contribution in [2.75, 3.05) is 32.5 Å². The Kier molecular flexibility index (Phi) is 3.06. The van der Waals surface area contributed by atoms with Crippen molar-refractivity contribution in [2.24, 2.45) is 0 Å². The average Bonchev–Trinajstić information content (AvgIpc) is 2.65. The van der Waals surface area contributed by atoms with Crippen molar-refractivity contribution in [3.8, 4) is 5.75 Å². The molecule has 1 aromatic rings. The maximum Gasteiger partial charge on any atom is 0.121 e. The fraction of sp³-hybridized carbons (Fsp3) is 0.538. The first-order chi connectivity index (χ1) is 7.59. The molecule has 0 saturated heterocycles. The zero-order valence-electron chi connectivity index (χ0n) is 10.2. The molecule has 0 spiro atoms. The van der Waals surface area contributed by atoms with E-state index in [0.29, 0.717) is 11.7 Å². The van der Waals surface area contributed by atoms with Crippen molar-refractivity contribution in [1.29, 1.82) is 0 Å². The van der Waals surface area contributed by atoms with Crippen molar-refractivity contribution in [1.82, 2.24) is 4.90 Å². The van der Waals surface area contributed by atoms with Gasteiger partial charge < -0.3 is 15.3 Å². The van der Waals surface area contributed by atoms with E-state index in [1.807, 2.05) is 12.1 Å². The predicted octanol–water partition coefficient (Wildman–Crippen LogP) is 2.16. The summed E-state index contributed by atoms with van der Waals surface area (Å²) < 4.78 is 0. The molecular formula is C13H20N2O. The first-order valence-corrected chi connectivity index (χ1v) is 5.80. The number of nitrogens with one attached hydrogen (secondary N) is 1. The van der Waals surface area contributed by atoms with E-state index in [-0.39, 0.29) is 0 Å². The number of anilines is 1. The molecule has 1 aliphatic heterocycles. The van der Waals surface area contributed by atoms with E-state index in [2.05, 4.69) is 31.2 Å². The van der Waals surface area contributed by atoms with Crippen LogP contribution in [-0.2, 0) is 0 Å². The summed E-state index contributed by atoms with van der Waals surface area (Å²) in [6.45, 7) is 4.08. The second-order valence-electron chi connectivity index (χ2n) is 4.86. The smallest absolute Gasteiger partial charge is 0.121 e. The minimum atomic E-state index is 0.439. The van der Waals surface area contributed by atoms with Crippen molar-refractivity contribution >= 4 is 5.69 Å². The molecular weight excluding hydrogens is 200 g/mol. The maximum atomic E-state index is 9.94. The van der Waals surface area contributed by atoms with E-state index in [4.69, 9.17) is 0 Å². The zero-order valence-corrected chi connectivity index (χ0v) is 10.2. The summed E-state index contributed by atoms with van der Waals surface area (Å²) in [5.41, 5.74) is 3.48. The molecule has 3 heteroatoms. The monoisotopic (exact) mass is 220 g/mol. The Balaban J connectivity index is 2.22. The molecule has 2 N–H and O–H groups in total. The lowest BCUT2D eigenvalue weighted by Gasteiger charge is -2.15. The second kappa shape index (κ2) is 4.34. The summed E-state index contributed by atoms with van der Waals surface area (Å²) in [4.78, 5) is 2.19. The minimum Gasteiger partial charge on any atom is -0.508 e. The number of aryl methyl sites for hydroxylation is 1. The number of benzene rings is 1. The lowest BCUT2D eigenvalue weighted by Crippen LogP contribution is -2.16. The molecule has 1 atom stereocenters. The number of fused-ring (bicyclic) bond motifs is 1. The summed E-state index contributed by atoms with van der Waals surface area (Å²) in [6.07, 6.45) is 1.09. The van der Waals surface area contributed by atoms with Gasteiger partial charge in [-0.15, -0.1) is 0 Å². The Labute approximate surface area is 97.1 Å². The lowest BCUT2D eigenvalue weighted by atomic mass is 9.95. The number of hydrogen-bond acceptors (Lipinski definition) is 3. The highest BCUT2D eigenvalue weighted by molar-refractivity contribution is 5.67. The molecule has 2 rings (SSSR count). The molecule has 0 aromatic heterocycles. The van der Waals surface area contributed by atoms with Crippen LogP contribution in [0.1, 0.15) is 23.5 Å². The number of nitrogens with zero attached hydrogens (tertiary/aromatic N) is 1. The van der Waals surface area contributed by atoms with Crippen LogP contribution in [0.25, 0.3) is 0 Å². The molecule has 0 fully saturated rings. The number of aromatic hydroxyl groups is 1. The summed E-state index contributed by atoms with van der Waals surface area (Å²) in [5.74, 6) is 0.881. The van der Waals surface area contributed by atoms with Gasteiger partial charge in [-0.1, -0.05) is 6.07 Å². The lowest BCUT2D eigenvalue weighted by molar-refractivity contribution is 0.382. The van der Waals surface area contributed by atoms with Crippen molar-refractivity contribution in [3.63, 3.8) is 0 Å². The third kappa shape index (κ3) is 2.00. The van der Waals surface area contributed by atoms with E-state index < -0.39 is 0 Å². The van der Waals surface area contributed by atoms with Gasteiger partial charge in [-0.3, -0.25) is 0 Å². The van der Waals surface area contributed by atoms with Crippen LogP contribution >= 0.6 is 0 Å². The third-order valence-electron chi connectivity index (χ3n) is 3.29. The average molecular weight is 220 g/mol. The number of hydrogen-bond donors (Lipinski definition) is 2. The highest BCUT2D eigenvalue weighted by atomic mass is 16.3. The number of phenols is 1. The molecule has 0 amide bonds. The first-order valence-electron chi connectivity index (χ1n) is 5.80. The van der Waals surface area contributed by atoms with Crippen LogP contribution in [0, 0.1) is 6.92 Å². The molecule has 1 aromatic carbocycles. The SMILES string of the molecule is Cc1ccc(O)c2c1NC[C@H]2CCN(C)C. The summed E-state index contributed by atoms with van der Waals surface area (Å²) in [6, 6.07) is 3.78. The fourth-order valence-corrected chi connectivity index (χ4v) is 2.35. The molecule has 0 unspecified atom stereocenters. The van der Waals surface area contributed by atoms with E-state index in [1.54, 1.807) is 0 Å². The van der Waals surface area contributed by atoms with Crippen LogP contribution < -0.4 is 5.32 Å². The maximum absolute atomic E-state index is 9.94. The van der Waals surface area contributed by atoms with Gasteiger partial charge in [0.2, 0.25) is 0 Å². The molecule has 88 valence electrons. The normalized spacial score (nSPS) is 18.6. The summed E-state index contributed by atoms with van der Waals surface area (Å²) >= 11 is 0. The molecule has 16 heavy (non-hydrogen) atoms. The molecule has 0 aliphatic carbocycles. The quantitative estimate of drug-likeness (QED) is 0.819. The summed E-state index contributed by atoms with van der Waals surface area (Å²) in [7, 11) is 4.17. The van der Waals surface area contributed by atoms with Gasteiger partial charge >= 0.3 is 0 Å². The number of phenolic OH excluding ortho intramolecular Hbond substituents is 1. The van der Waals surface area contributed by atoms with Crippen LogP contribution in [0.5, 0.6) is 5.75 Å². The summed E-state index contributed by atoms with van der Waals surface area (Å²) in [5, 5.41) is 13.3. The van der Waals surface area contributed by atoms with E-state index in [1.165, 1.54) is 5.56 Å². The molecule has 1 heterocycles. The number of rotatable bonds is 3. The first kappa shape index (κ1) is 11.3. The largest absolute Gasteiger partial charge is 0.508 e. The van der Waals surface area contributed by atoms with E-state index in [9.17, 15) is 5.11 Å². The Morgan fingerprint density at radius 1 is 1.44 bits per heavy atom. The fourth-order valence-electron chi connectivity index (χ4n) is 2.35. The predicted molar refractivity (Wildman–Crippen MR) is 67.2 cm³/mol. The van der Waals surface area contributed by atoms with E-state index in [0.717, 1.165) is 30.8 Å². The second-order valence-corrected chi connectivity index (χ2v) is 4.86. The molecule has 0 radical (unpaired) electrons.